The predicted molar refractivity (Wildman–Crippen MR) is 613 cm³/mol. The van der Waals surface area contributed by atoms with Crippen molar-refractivity contribution in [3.8, 4) is 5.75 Å². The van der Waals surface area contributed by atoms with E-state index in [-0.39, 0.29) is 35.8 Å². The highest BCUT2D eigenvalue weighted by molar-refractivity contribution is 5.94. The van der Waals surface area contributed by atoms with E-state index in [2.05, 4.69) is 156 Å². The molecule has 0 bridgehead atoms. The SMILES string of the molecule is CC.CC.CC.CC(C)(C)CCCCC1CCN(C(=O)c2ccccc2)CC1.CC(C)(C)CCCCCCC(=O)N(Cc1ccccc1)OC1CCCCC1.CC(C)(C)CCCCOc1ccccc1.CC1CCN(C(=O)CCCCCCCC(C)(C)C)CC1.CCC1(CN(C)C(=O)CCCCCCCC(C)(C)C)CCCC1.CN(CCON(C(=O)CCCCC(C)(C)C)C1CCCCC1)C(=O)c1ccccc1. The van der Waals surface area contributed by atoms with Crippen molar-refractivity contribution >= 4 is 35.4 Å². The first kappa shape index (κ1) is 134. The number of hydrogen-bond donors (Lipinski definition) is 0. The van der Waals surface area contributed by atoms with Crippen molar-refractivity contribution < 1.29 is 43.2 Å². The van der Waals surface area contributed by atoms with Crippen LogP contribution >= 0.6 is 0 Å². The van der Waals surface area contributed by atoms with Gasteiger partial charge in [-0.15, -0.1) is 0 Å². The third kappa shape index (κ3) is 70.1. The number of rotatable bonds is 47. The number of carbonyl (C=O) groups excluding carboxylic acids is 6. The maximum absolute atomic E-state index is 12.9. The van der Waals surface area contributed by atoms with Gasteiger partial charge in [0, 0.05) is 90.2 Å². The number of likely N-dealkylation sites (tertiary alicyclic amines) is 2. The molecule has 143 heavy (non-hydrogen) atoms. The molecule has 0 aromatic heterocycles. The average Bonchev–Trinajstić information content (AvgIpc) is 1.73. The summed E-state index contributed by atoms with van der Waals surface area (Å²) in [6.45, 7) is 64.8. The van der Waals surface area contributed by atoms with Crippen LogP contribution in [0.3, 0.4) is 0 Å². The lowest BCUT2D eigenvalue weighted by Gasteiger charge is -2.33. The molecule has 0 unspecified atom stereocenters. The molecule has 3 aliphatic carbocycles. The fraction of sp³-hybridized carbons (Fsp3) is 0.766. The molecular formula is C128H226N6O9. The highest BCUT2D eigenvalue weighted by Gasteiger charge is 2.35. The van der Waals surface area contributed by atoms with Gasteiger partial charge in [-0.2, -0.15) is 0 Å². The van der Waals surface area contributed by atoms with Crippen LogP contribution in [0, 0.1) is 49.7 Å². The van der Waals surface area contributed by atoms with Crippen molar-refractivity contribution in [1.29, 1.82) is 0 Å². The second kappa shape index (κ2) is 77.7. The highest BCUT2D eigenvalue weighted by Crippen LogP contribution is 2.42. The Hall–Kier alpha value is -6.58. The van der Waals surface area contributed by atoms with Crippen LogP contribution in [0.15, 0.2) is 121 Å². The number of hydroxylamine groups is 4. The largest absolute Gasteiger partial charge is 0.494 e. The van der Waals surface area contributed by atoms with E-state index in [0.717, 1.165) is 171 Å². The van der Waals surface area contributed by atoms with E-state index in [1.54, 1.807) is 22.1 Å². The molecule has 5 aliphatic rings. The second-order valence-corrected chi connectivity index (χ2v) is 49.1. The second-order valence-electron chi connectivity index (χ2n) is 49.1. The van der Waals surface area contributed by atoms with Gasteiger partial charge < -0.3 is 24.3 Å². The molecule has 6 amide bonds. The lowest BCUT2D eigenvalue weighted by atomic mass is 9.83. The lowest BCUT2D eigenvalue weighted by molar-refractivity contribution is -0.215. The predicted octanol–water partition coefficient (Wildman–Crippen LogP) is 35.8. The third-order valence-electron chi connectivity index (χ3n) is 28.3. The molecule has 15 heteroatoms. The van der Waals surface area contributed by atoms with Gasteiger partial charge in [-0.05, 0) is 239 Å². The smallest absolute Gasteiger partial charge is 0.253 e. The van der Waals surface area contributed by atoms with Gasteiger partial charge in [0.25, 0.3) is 11.8 Å². The van der Waals surface area contributed by atoms with Crippen LogP contribution in [0.5, 0.6) is 5.75 Å². The minimum Gasteiger partial charge on any atom is -0.494 e. The van der Waals surface area contributed by atoms with Crippen LogP contribution in [0.4, 0.5) is 0 Å². The maximum Gasteiger partial charge on any atom is 0.253 e. The molecule has 15 nitrogen and oxygen atoms in total. The van der Waals surface area contributed by atoms with Crippen LogP contribution in [-0.2, 0) is 35.4 Å². The van der Waals surface area contributed by atoms with E-state index >= 15 is 0 Å². The lowest BCUT2D eigenvalue weighted by Crippen LogP contribution is -2.43. The minimum atomic E-state index is -0.0306. The number of benzene rings is 4. The Morgan fingerprint density at radius 2 is 0.755 bits per heavy atom. The molecule has 4 aromatic carbocycles. The van der Waals surface area contributed by atoms with Gasteiger partial charge in [-0.25, -0.2) is 10.1 Å². The monoisotopic (exact) mass is 1990 g/mol. The van der Waals surface area contributed by atoms with E-state index < -0.39 is 0 Å². The summed E-state index contributed by atoms with van der Waals surface area (Å²) in [5.41, 5.74) is 5.62. The van der Waals surface area contributed by atoms with Gasteiger partial charge in [0.2, 0.25) is 23.6 Å². The molecule has 5 fully saturated rings. The summed E-state index contributed by atoms with van der Waals surface area (Å²) < 4.78 is 5.62. The number of para-hydroxylation sites is 1. The molecule has 822 valence electrons. The molecule has 4 aromatic rings. The Labute approximate surface area is 882 Å². The van der Waals surface area contributed by atoms with Gasteiger partial charge in [-0.1, -0.05) is 413 Å². The molecule has 3 saturated carbocycles. The molecular weight excluding hydrogens is 1770 g/mol. The molecule has 0 radical (unpaired) electrons. The topological polar surface area (TPSA) is 150 Å². The molecule has 0 atom stereocenters. The van der Waals surface area contributed by atoms with Crippen molar-refractivity contribution in [2.45, 2.75) is 520 Å². The minimum absolute atomic E-state index is 0.0306. The third-order valence-corrected chi connectivity index (χ3v) is 28.3. The standard InChI is InChI=1S/C25H40N2O3.C24H39NO2.C21H41NO.C20H31NO.C18H35NO.C14H22O.3C2H6/c1-25(2,3)18-12-11-17-23(28)27(22-15-9-6-10-16-22)30-20-19-26(4)24(29)21-13-7-5-8-14-21;1-24(2,3)19-13-5-4-12-18-23(26)25(20-21-14-8-6-9-15-21)27-22-16-10-7-11-17-22;1-6-21(16-12-13-17-21)18-22(5)19(23)14-10-8-7-9-11-15-20(2,3)4;1-20(2,3)14-8-7-9-17-12-15-21(16-13-17)19(22)18-10-5-4-6-11-18;1-16-11-14-19(15-12-16)17(20)10-8-6-5-7-9-13-18(2,3)4;1-14(2,3)11-7-8-12-15-13-9-5-4-6-10-13;3*1-2/h5,7-8,13-14,22H,6,9-12,15-20H2,1-4H3;6,8-9,14-15,22H,4-5,7,10-13,16-20H2,1-3H3;6-18H2,1-5H3;4-6,10-11,17H,7-9,12-16H2,1-3H3;16H,5-15H2,1-4H3;4-6,9-10H,7-8,11-12H2,1-3H3;3*1-2H3. The first-order valence-electron chi connectivity index (χ1n) is 58.7. The van der Waals surface area contributed by atoms with Crippen molar-refractivity contribution in [2.75, 3.05) is 66.6 Å². The van der Waals surface area contributed by atoms with Crippen LogP contribution in [0.2, 0.25) is 0 Å². The molecule has 0 N–H and O–H groups in total. The number of hydrogen-bond acceptors (Lipinski definition) is 9. The zero-order valence-electron chi connectivity index (χ0n) is 98.4. The average molecular weight is 1990 g/mol. The molecule has 9 rings (SSSR count). The summed E-state index contributed by atoms with van der Waals surface area (Å²) in [5, 5.41) is 3.30. The zero-order chi connectivity index (χ0) is 107. The van der Waals surface area contributed by atoms with Crippen molar-refractivity contribution in [3.05, 3.63) is 138 Å². The van der Waals surface area contributed by atoms with Crippen LogP contribution in [0.25, 0.3) is 0 Å². The number of carbonyl (C=O) groups is 6. The summed E-state index contributed by atoms with van der Waals surface area (Å²) >= 11 is 0. The first-order chi connectivity index (χ1) is 67.9. The molecule has 2 aliphatic heterocycles. The number of likely N-dealkylation sites (N-methyl/N-ethyl adjacent to an activating group) is 1. The van der Waals surface area contributed by atoms with Gasteiger partial charge >= 0.3 is 0 Å². The summed E-state index contributed by atoms with van der Waals surface area (Å²) in [7, 11) is 3.79. The molecule has 2 saturated heterocycles. The van der Waals surface area contributed by atoms with Crippen molar-refractivity contribution in [1.82, 2.24) is 29.7 Å². The number of nitrogens with zero attached hydrogens (tertiary/aromatic N) is 6. The first-order valence-corrected chi connectivity index (χ1v) is 58.7. The summed E-state index contributed by atoms with van der Waals surface area (Å²) in [5.74, 6) is 3.76. The Morgan fingerprint density at radius 1 is 0.378 bits per heavy atom. The fourth-order valence-electron chi connectivity index (χ4n) is 19.2. The Kier molecular flexibility index (Phi) is 73.1. The van der Waals surface area contributed by atoms with Crippen molar-refractivity contribution in [3.63, 3.8) is 0 Å². The maximum atomic E-state index is 12.9. The molecule has 0 spiro atoms. The van der Waals surface area contributed by atoms with Crippen molar-refractivity contribution in [2.24, 2.45) is 49.7 Å². The zero-order valence-corrected chi connectivity index (χ0v) is 98.4. The van der Waals surface area contributed by atoms with E-state index in [9.17, 15) is 28.8 Å². The van der Waals surface area contributed by atoms with Gasteiger partial charge in [0.1, 0.15) is 5.75 Å². The van der Waals surface area contributed by atoms with E-state index in [0.29, 0.717) is 87.8 Å². The van der Waals surface area contributed by atoms with Crippen LogP contribution < -0.4 is 4.74 Å². The van der Waals surface area contributed by atoms with E-state index in [4.69, 9.17) is 14.4 Å². The van der Waals surface area contributed by atoms with Gasteiger partial charge in [-0.3, -0.25) is 38.4 Å². The van der Waals surface area contributed by atoms with Crippen LogP contribution in [0.1, 0.15) is 527 Å². The normalized spacial score (nSPS) is 15.3. The quantitative estimate of drug-likeness (QED) is 0.0311. The molecule has 2 heterocycles. The highest BCUT2D eigenvalue weighted by atomic mass is 16.7. The van der Waals surface area contributed by atoms with E-state index in [1.807, 2.05) is 168 Å². The number of ether oxygens (including phenoxy) is 1. The Bertz CT molecular complexity index is 3740. The number of amides is 6. The summed E-state index contributed by atoms with van der Waals surface area (Å²) in [4.78, 5) is 95.0. The number of unbranched alkanes of at least 4 members (excludes halogenated alkanes) is 14. The van der Waals surface area contributed by atoms with Gasteiger partial charge in [0.05, 0.1) is 31.9 Å². The van der Waals surface area contributed by atoms with Crippen LogP contribution in [-0.4, -0.2) is 144 Å². The summed E-state index contributed by atoms with van der Waals surface area (Å²) in [6, 6.07) is 39.3. The number of piperidine rings is 2. The van der Waals surface area contributed by atoms with E-state index in [1.165, 1.54) is 205 Å². The Morgan fingerprint density at radius 3 is 1.22 bits per heavy atom. The van der Waals surface area contributed by atoms with Gasteiger partial charge in [0.15, 0.2) is 0 Å². The summed E-state index contributed by atoms with van der Waals surface area (Å²) in [6.07, 6.45) is 58.5. The Balaban J connectivity index is 0.000000857. The fourth-order valence-corrected chi connectivity index (χ4v) is 19.2.